The van der Waals surface area contributed by atoms with Gasteiger partial charge in [-0.2, -0.15) is 0 Å². The molecule has 0 spiro atoms. The highest BCUT2D eigenvalue weighted by Crippen LogP contribution is 2.22. The quantitative estimate of drug-likeness (QED) is 0.791. The molecule has 2 aromatic rings. The number of anilines is 3. The van der Waals surface area contributed by atoms with Crippen molar-refractivity contribution in [1.82, 2.24) is 9.97 Å². The molecule has 0 unspecified atom stereocenters. The highest BCUT2D eigenvalue weighted by Gasteiger charge is 2.12. The van der Waals surface area contributed by atoms with Gasteiger partial charge >= 0.3 is 0 Å². The van der Waals surface area contributed by atoms with Crippen LogP contribution in [0.25, 0.3) is 0 Å². The van der Waals surface area contributed by atoms with E-state index in [1.807, 2.05) is 12.1 Å². The fraction of sp³-hybridized carbons (Fsp3) is 0.316. The summed E-state index contributed by atoms with van der Waals surface area (Å²) in [6, 6.07) is 7.95. The highest BCUT2D eigenvalue weighted by molar-refractivity contribution is 6.02. The number of benzene rings is 1. The van der Waals surface area contributed by atoms with E-state index in [9.17, 15) is 4.79 Å². The van der Waals surface area contributed by atoms with E-state index in [4.69, 9.17) is 0 Å². The number of amides is 1. The minimum Gasteiger partial charge on any atom is -0.372 e. The van der Waals surface area contributed by atoms with Gasteiger partial charge in [0.05, 0.1) is 12.4 Å². The first-order valence-electron chi connectivity index (χ1n) is 8.59. The van der Waals surface area contributed by atoms with Gasteiger partial charge in [0.25, 0.3) is 5.91 Å². The fourth-order valence-electron chi connectivity index (χ4n) is 2.82. The molecule has 130 valence electrons. The second-order valence-electron chi connectivity index (χ2n) is 6.01. The molecule has 2 heterocycles. The van der Waals surface area contributed by atoms with Crippen molar-refractivity contribution in [3.63, 3.8) is 0 Å². The molecule has 1 fully saturated rings. The summed E-state index contributed by atoms with van der Waals surface area (Å²) < 4.78 is 0. The number of nitrogens with zero attached hydrogens (tertiary/aromatic N) is 3. The van der Waals surface area contributed by atoms with Crippen LogP contribution in [0.3, 0.4) is 0 Å². The van der Waals surface area contributed by atoms with Crippen molar-refractivity contribution in [1.29, 1.82) is 0 Å². The molecule has 1 aliphatic rings. The van der Waals surface area contributed by atoms with Crippen LogP contribution in [0.15, 0.2) is 49.3 Å². The van der Waals surface area contributed by atoms with Crippen molar-refractivity contribution in [2.45, 2.75) is 19.3 Å². The Kier molecular flexibility index (Phi) is 5.61. The van der Waals surface area contributed by atoms with E-state index >= 15 is 0 Å². The Morgan fingerprint density at radius 3 is 2.52 bits per heavy atom. The summed E-state index contributed by atoms with van der Waals surface area (Å²) in [4.78, 5) is 23.0. The summed E-state index contributed by atoms with van der Waals surface area (Å²) in [7, 11) is 0. The van der Waals surface area contributed by atoms with Crippen LogP contribution in [-0.4, -0.2) is 35.5 Å². The van der Waals surface area contributed by atoms with Crippen LogP contribution < -0.4 is 15.5 Å². The number of aromatic nitrogens is 2. The minimum absolute atomic E-state index is 0.270. The first-order chi connectivity index (χ1) is 12.3. The zero-order valence-corrected chi connectivity index (χ0v) is 14.2. The number of rotatable bonds is 6. The van der Waals surface area contributed by atoms with Gasteiger partial charge in [-0.3, -0.25) is 4.79 Å². The maximum absolute atomic E-state index is 12.3. The molecule has 1 aliphatic heterocycles. The van der Waals surface area contributed by atoms with Crippen LogP contribution in [-0.2, 0) is 0 Å². The second kappa shape index (κ2) is 8.28. The van der Waals surface area contributed by atoms with Crippen molar-refractivity contribution >= 4 is 23.1 Å². The van der Waals surface area contributed by atoms with Gasteiger partial charge in [-0.05, 0) is 43.5 Å². The average molecular weight is 337 g/mol. The maximum atomic E-state index is 12.3. The molecule has 6 heteroatoms. The lowest BCUT2D eigenvalue weighted by atomic mass is 10.1. The molecule has 1 saturated heterocycles. The van der Waals surface area contributed by atoms with Gasteiger partial charge in [-0.25, -0.2) is 9.97 Å². The monoisotopic (exact) mass is 337 g/mol. The van der Waals surface area contributed by atoms with Gasteiger partial charge in [0.1, 0.15) is 11.5 Å². The van der Waals surface area contributed by atoms with Crippen LogP contribution in [0.2, 0.25) is 0 Å². The van der Waals surface area contributed by atoms with E-state index in [0.717, 1.165) is 18.8 Å². The molecule has 1 aromatic heterocycles. The van der Waals surface area contributed by atoms with Crippen molar-refractivity contribution in [3.8, 4) is 0 Å². The van der Waals surface area contributed by atoms with Gasteiger partial charge < -0.3 is 15.5 Å². The molecule has 0 radical (unpaired) electrons. The standard InChI is InChI=1S/C19H23N5O/c1-2-10-20-18-14-21-17(13-22-18)19(25)23-15-6-8-16(9-7-15)24-11-4-3-5-12-24/h2,6-9,13-14H,1,3-5,10-12H2,(H,20,22)(H,23,25). The van der Waals surface area contributed by atoms with E-state index in [-0.39, 0.29) is 11.6 Å². The molecule has 1 amide bonds. The van der Waals surface area contributed by atoms with Crippen LogP contribution in [0.5, 0.6) is 0 Å². The first kappa shape index (κ1) is 17.0. The Balaban J connectivity index is 1.59. The molecule has 0 saturated carbocycles. The zero-order valence-electron chi connectivity index (χ0n) is 14.2. The third-order valence-corrected chi connectivity index (χ3v) is 4.16. The third-order valence-electron chi connectivity index (χ3n) is 4.16. The average Bonchev–Trinajstić information content (AvgIpc) is 2.68. The Labute approximate surface area is 148 Å². The largest absolute Gasteiger partial charge is 0.372 e. The number of carbonyl (C=O) groups is 1. The number of nitrogens with one attached hydrogen (secondary N) is 2. The van der Waals surface area contributed by atoms with Gasteiger partial charge in [-0.1, -0.05) is 6.08 Å². The second-order valence-corrected chi connectivity index (χ2v) is 6.01. The Morgan fingerprint density at radius 2 is 1.88 bits per heavy atom. The van der Waals surface area contributed by atoms with Gasteiger partial charge in [0, 0.05) is 31.0 Å². The lowest BCUT2D eigenvalue weighted by Gasteiger charge is -2.28. The smallest absolute Gasteiger partial charge is 0.275 e. The minimum atomic E-state index is -0.270. The van der Waals surface area contributed by atoms with Crippen LogP contribution in [0.1, 0.15) is 29.8 Å². The lowest BCUT2D eigenvalue weighted by molar-refractivity contribution is 0.102. The Bertz CT molecular complexity index is 706. The molecule has 3 rings (SSSR count). The summed E-state index contributed by atoms with van der Waals surface area (Å²) >= 11 is 0. The van der Waals surface area contributed by atoms with E-state index in [1.165, 1.54) is 37.3 Å². The molecule has 0 atom stereocenters. The van der Waals surface area contributed by atoms with Gasteiger partial charge in [0.2, 0.25) is 0 Å². The molecular weight excluding hydrogens is 314 g/mol. The lowest BCUT2D eigenvalue weighted by Crippen LogP contribution is -2.29. The van der Waals surface area contributed by atoms with E-state index in [2.05, 4.69) is 44.2 Å². The van der Waals surface area contributed by atoms with Crippen molar-refractivity contribution in [2.24, 2.45) is 0 Å². The summed E-state index contributed by atoms with van der Waals surface area (Å²) in [5, 5.41) is 5.87. The molecule has 0 bridgehead atoms. The maximum Gasteiger partial charge on any atom is 0.275 e. The Hall–Kier alpha value is -2.89. The van der Waals surface area contributed by atoms with Gasteiger partial charge in [0.15, 0.2) is 0 Å². The van der Waals surface area contributed by atoms with Crippen molar-refractivity contribution in [3.05, 3.63) is 55.0 Å². The van der Waals surface area contributed by atoms with Crippen molar-refractivity contribution < 1.29 is 4.79 Å². The van der Waals surface area contributed by atoms with E-state index in [1.54, 1.807) is 6.08 Å². The summed E-state index contributed by atoms with van der Waals surface area (Å²) in [6.07, 6.45) is 8.54. The van der Waals surface area contributed by atoms with Crippen LogP contribution >= 0.6 is 0 Å². The van der Waals surface area contributed by atoms with Crippen molar-refractivity contribution in [2.75, 3.05) is 35.2 Å². The summed E-state index contributed by atoms with van der Waals surface area (Å²) in [5.74, 6) is 0.343. The molecule has 6 nitrogen and oxygen atoms in total. The van der Waals surface area contributed by atoms with Crippen LogP contribution in [0.4, 0.5) is 17.2 Å². The predicted molar refractivity (Wildman–Crippen MR) is 101 cm³/mol. The molecule has 1 aromatic carbocycles. The topological polar surface area (TPSA) is 70.2 Å². The number of piperidine rings is 1. The molecule has 0 aliphatic carbocycles. The van der Waals surface area contributed by atoms with Gasteiger partial charge in [-0.15, -0.1) is 6.58 Å². The predicted octanol–water partition coefficient (Wildman–Crippen LogP) is 3.32. The molecule has 25 heavy (non-hydrogen) atoms. The summed E-state index contributed by atoms with van der Waals surface area (Å²) in [5.41, 5.74) is 2.24. The normalized spacial score (nSPS) is 14.0. The van der Waals surface area contributed by atoms with E-state index in [0.29, 0.717) is 12.4 Å². The third kappa shape index (κ3) is 4.56. The SMILES string of the molecule is C=CCNc1cnc(C(=O)Nc2ccc(N3CCCCC3)cc2)cn1. The fourth-order valence-corrected chi connectivity index (χ4v) is 2.82. The van der Waals surface area contributed by atoms with E-state index < -0.39 is 0 Å². The zero-order chi connectivity index (χ0) is 17.5. The number of carbonyl (C=O) groups excluding carboxylic acids is 1. The van der Waals surface area contributed by atoms with Crippen LogP contribution in [0, 0.1) is 0 Å². The first-order valence-corrected chi connectivity index (χ1v) is 8.59. The number of hydrogen-bond donors (Lipinski definition) is 2. The molecular formula is C19H23N5O. The number of hydrogen-bond acceptors (Lipinski definition) is 5. The highest BCUT2D eigenvalue weighted by atomic mass is 16.1. The molecule has 2 N–H and O–H groups in total. The summed E-state index contributed by atoms with van der Waals surface area (Å²) in [6.45, 7) is 6.44. The Morgan fingerprint density at radius 1 is 1.12 bits per heavy atom.